The lowest BCUT2D eigenvalue weighted by atomic mass is 9.75. The van der Waals surface area contributed by atoms with Crippen LogP contribution in [0.3, 0.4) is 0 Å². The lowest BCUT2D eigenvalue weighted by Gasteiger charge is -2.48. The first kappa shape index (κ1) is 19.1. The molecule has 0 aromatic heterocycles. The van der Waals surface area contributed by atoms with E-state index in [4.69, 9.17) is 9.47 Å². The van der Waals surface area contributed by atoms with E-state index in [9.17, 15) is 9.59 Å². The standard InChI is InChI=1S/C19H28N2O4/c1-18(2,3)25-17(23)21(4)19(11-8-12-19)14-20-16(22)24-13-15-9-6-5-7-10-15/h5-7,9-10H,8,11-14H2,1-4H3,(H,20,22). The van der Waals surface area contributed by atoms with Crippen molar-refractivity contribution >= 4 is 12.2 Å². The second kappa shape index (κ2) is 7.76. The number of nitrogens with zero attached hydrogens (tertiary/aromatic N) is 1. The number of amides is 2. The summed E-state index contributed by atoms with van der Waals surface area (Å²) in [6.45, 7) is 6.10. The molecule has 0 bridgehead atoms. The first-order valence-electron chi connectivity index (χ1n) is 8.63. The van der Waals surface area contributed by atoms with Crippen molar-refractivity contribution in [2.24, 2.45) is 0 Å². The van der Waals surface area contributed by atoms with Crippen LogP contribution in [-0.2, 0) is 16.1 Å². The van der Waals surface area contributed by atoms with Crippen LogP contribution in [0.2, 0.25) is 0 Å². The highest BCUT2D eigenvalue weighted by atomic mass is 16.6. The maximum Gasteiger partial charge on any atom is 0.410 e. The zero-order valence-electron chi connectivity index (χ0n) is 15.5. The molecule has 6 heteroatoms. The molecule has 1 saturated carbocycles. The van der Waals surface area contributed by atoms with Crippen LogP contribution < -0.4 is 5.32 Å². The fraction of sp³-hybridized carbons (Fsp3) is 0.579. The third-order valence-electron chi connectivity index (χ3n) is 4.44. The molecule has 0 spiro atoms. The van der Waals surface area contributed by atoms with Gasteiger partial charge in [0.25, 0.3) is 0 Å². The Labute approximate surface area is 149 Å². The molecule has 2 amide bonds. The number of alkyl carbamates (subject to hydrolysis) is 1. The normalized spacial score (nSPS) is 15.7. The molecule has 6 nitrogen and oxygen atoms in total. The SMILES string of the molecule is CN(C(=O)OC(C)(C)C)C1(CNC(=O)OCc2ccccc2)CCC1. The van der Waals surface area contributed by atoms with E-state index >= 15 is 0 Å². The Balaban J connectivity index is 1.84. The number of ether oxygens (including phenoxy) is 2. The minimum absolute atomic E-state index is 0.224. The molecule has 1 aromatic rings. The van der Waals surface area contributed by atoms with Gasteiger partial charge in [-0.1, -0.05) is 30.3 Å². The fourth-order valence-electron chi connectivity index (χ4n) is 2.75. The Bertz CT molecular complexity index is 591. The van der Waals surface area contributed by atoms with E-state index in [1.165, 1.54) is 0 Å². The number of carbonyl (C=O) groups is 2. The number of hydrogen-bond acceptors (Lipinski definition) is 4. The van der Waals surface area contributed by atoms with Crippen LogP contribution in [0, 0.1) is 0 Å². The molecule has 138 valence electrons. The summed E-state index contributed by atoms with van der Waals surface area (Å²) in [5, 5.41) is 2.78. The summed E-state index contributed by atoms with van der Waals surface area (Å²) < 4.78 is 10.7. The molecule has 2 rings (SSSR count). The van der Waals surface area contributed by atoms with Gasteiger partial charge in [-0.15, -0.1) is 0 Å². The van der Waals surface area contributed by atoms with Gasteiger partial charge in [0.05, 0.1) is 5.54 Å². The van der Waals surface area contributed by atoms with E-state index in [-0.39, 0.29) is 12.7 Å². The van der Waals surface area contributed by atoms with E-state index in [2.05, 4.69) is 5.32 Å². The van der Waals surface area contributed by atoms with E-state index < -0.39 is 17.2 Å². The third-order valence-corrected chi connectivity index (χ3v) is 4.44. The van der Waals surface area contributed by atoms with E-state index in [1.807, 2.05) is 51.1 Å². The van der Waals surface area contributed by atoms with Crippen LogP contribution in [0.25, 0.3) is 0 Å². The molecule has 25 heavy (non-hydrogen) atoms. The largest absolute Gasteiger partial charge is 0.445 e. The quantitative estimate of drug-likeness (QED) is 0.881. The molecule has 0 atom stereocenters. The van der Waals surface area contributed by atoms with Gasteiger partial charge in [0.15, 0.2) is 0 Å². The number of benzene rings is 1. The van der Waals surface area contributed by atoms with Crippen molar-refractivity contribution < 1.29 is 19.1 Å². The summed E-state index contributed by atoms with van der Waals surface area (Å²) in [5.74, 6) is 0. The summed E-state index contributed by atoms with van der Waals surface area (Å²) in [7, 11) is 1.73. The Morgan fingerprint density at radius 2 is 1.84 bits per heavy atom. The van der Waals surface area contributed by atoms with Crippen molar-refractivity contribution in [3.63, 3.8) is 0 Å². The van der Waals surface area contributed by atoms with Gasteiger partial charge in [-0.2, -0.15) is 0 Å². The molecule has 0 unspecified atom stereocenters. The van der Waals surface area contributed by atoms with Crippen LogP contribution in [0.15, 0.2) is 30.3 Å². The summed E-state index contributed by atoms with van der Waals surface area (Å²) >= 11 is 0. The zero-order chi connectivity index (χ0) is 18.5. The minimum Gasteiger partial charge on any atom is -0.445 e. The molecule has 0 heterocycles. The second-order valence-electron chi connectivity index (χ2n) is 7.53. The molecule has 1 aliphatic carbocycles. The highest BCUT2D eigenvalue weighted by molar-refractivity contribution is 5.70. The van der Waals surface area contributed by atoms with Gasteiger partial charge in [-0.25, -0.2) is 9.59 Å². The fourth-order valence-corrected chi connectivity index (χ4v) is 2.75. The average molecular weight is 348 g/mol. The summed E-state index contributed by atoms with van der Waals surface area (Å²) in [4.78, 5) is 25.9. The maximum absolute atomic E-state index is 12.3. The predicted molar refractivity (Wildman–Crippen MR) is 95.2 cm³/mol. The number of carbonyl (C=O) groups excluding carboxylic acids is 2. The third kappa shape index (κ3) is 5.37. The predicted octanol–water partition coefficient (Wildman–Crippen LogP) is 3.70. The summed E-state index contributed by atoms with van der Waals surface area (Å²) in [6, 6.07) is 9.51. The van der Waals surface area contributed by atoms with Gasteiger partial charge in [0, 0.05) is 13.6 Å². The van der Waals surface area contributed by atoms with Gasteiger partial charge in [-0.3, -0.25) is 0 Å². The Hall–Kier alpha value is -2.24. The first-order valence-corrected chi connectivity index (χ1v) is 8.63. The van der Waals surface area contributed by atoms with Gasteiger partial charge >= 0.3 is 12.2 Å². The van der Waals surface area contributed by atoms with Gasteiger partial charge < -0.3 is 19.7 Å². The zero-order valence-corrected chi connectivity index (χ0v) is 15.5. The topological polar surface area (TPSA) is 67.9 Å². The molecule has 1 N–H and O–H groups in total. The summed E-state index contributed by atoms with van der Waals surface area (Å²) in [5.41, 5.74) is -0.00578. The van der Waals surface area contributed by atoms with Crippen LogP contribution in [0.4, 0.5) is 9.59 Å². The Kier molecular flexibility index (Phi) is 5.93. The lowest BCUT2D eigenvalue weighted by molar-refractivity contribution is -0.0159. The van der Waals surface area contributed by atoms with E-state index in [1.54, 1.807) is 11.9 Å². The number of nitrogens with one attached hydrogen (secondary N) is 1. The van der Waals surface area contributed by atoms with Crippen LogP contribution in [0.1, 0.15) is 45.6 Å². The van der Waals surface area contributed by atoms with Crippen molar-refractivity contribution in [1.29, 1.82) is 0 Å². The molecule has 1 aliphatic rings. The molecular formula is C19H28N2O4. The highest BCUT2D eigenvalue weighted by Crippen LogP contribution is 2.37. The van der Waals surface area contributed by atoms with Gasteiger partial charge in [-0.05, 0) is 45.6 Å². The van der Waals surface area contributed by atoms with Crippen molar-refractivity contribution in [1.82, 2.24) is 10.2 Å². The van der Waals surface area contributed by atoms with Gasteiger partial charge in [0.2, 0.25) is 0 Å². The molecule has 1 fully saturated rings. The van der Waals surface area contributed by atoms with Gasteiger partial charge in [0.1, 0.15) is 12.2 Å². The van der Waals surface area contributed by atoms with Crippen molar-refractivity contribution in [2.75, 3.05) is 13.6 Å². The maximum atomic E-state index is 12.3. The molecule has 1 aromatic carbocycles. The highest BCUT2D eigenvalue weighted by Gasteiger charge is 2.44. The Morgan fingerprint density at radius 1 is 1.20 bits per heavy atom. The smallest absolute Gasteiger partial charge is 0.410 e. The van der Waals surface area contributed by atoms with Crippen molar-refractivity contribution in [3.05, 3.63) is 35.9 Å². The number of rotatable bonds is 5. The number of hydrogen-bond donors (Lipinski definition) is 1. The van der Waals surface area contributed by atoms with Crippen LogP contribution >= 0.6 is 0 Å². The summed E-state index contributed by atoms with van der Waals surface area (Å²) in [6.07, 6.45) is 1.84. The molecule has 0 aliphatic heterocycles. The van der Waals surface area contributed by atoms with E-state index in [0.29, 0.717) is 6.54 Å². The minimum atomic E-state index is -0.543. The molecule has 0 saturated heterocycles. The van der Waals surface area contributed by atoms with E-state index in [0.717, 1.165) is 24.8 Å². The van der Waals surface area contributed by atoms with Crippen LogP contribution in [-0.4, -0.2) is 41.8 Å². The first-order chi connectivity index (χ1) is 11.7. The lowest BCUT2D eigenvalue weighted by Crippen LogP contribution is -2.61. The number of likely N-dealkylation sites (N-methyl/N-ethyl adjacent to an activating group) is 1. The average Bonchev–Trinajstić information content (AvgIpc) is 2.51. The van der Waals surface area contributed by atoms with Crippen molar-refractivity contribution in [3.8, 4) is 0 Å². The molecular weight excluding hydrogens is 320 g/mol. The monoisotopic (exact) mass is 348 g/mol. The van der Waals surface area contributed by atoms with Crippen LogP contribution in [0.5, 0.6) is 0 Å². The molecule has 0 radical (unpaired) electrons. The second-order valence-corrected chi connectivity index (χ2v) is 7.53. The Morgan fingerprint density at radius 3 is 2.36 bits per heavy atom. The van der Waals surface area contributed by atoms with Crippen molar-refractivity contribution in [2.45, 2.75) is 57.8 Å².